The Labute approximate surface area is 112 Å². The first kappa shape index (κ1) is 13.5. The largest absolute Gasteiger partial charge is 0.344 e. The van der Waals surface area contributed by atoms with Crippen LogP contribution in [0.4, 0.5) is 4.79 Å². The highest BCUT2D eigenvalue weighted by Crippen LogP contribution is 2.08. The fourth-order valence-corrected chi connectivity index (χ4v) is 1.91. The standard InChI is InChI=1S/C13H19N5O/c14-9-5-1-2-6-10-15-13(19)18-12-8-4-3-7-11(12)16-17-18/h3-4,7-8H,1-2,5-6,9-10,14H2,(H,15,19). The molecular weight excluding hydrogens is 242 g/mol. The highest BCUT2D eigenvalue weighted by Gasteiger charge is 2.10. The summed E-state index contributed by atoms with van der Waals surface area (Å²) in [6.07, 6.45) is 4.19. The number of nitrogens with one attached hydrogen (secondary N) is 1. The zero-order valence-corrected chi connectivity index (χ0v) is 10.9. The molecule has 0 saturated heterocycles. The van der Waals surface area contributed by atoms with Crippen molar-refractivity contribution < 1.29 is 4.79 Å². The van der Waals surface area contributed by atoms with E-state index in [0.717, 1.165) is 43.3 Å². The van der Waals surface area contributed by atoms with Crippen molar-refractivity contribution in [2.24, 2.45) is 5.73 Å². The molecule has 0 aliphatic carbocycles. The smallest absolute Gasteiger partial charge is 0.336 e. The van der Waals surface area contributed by atoms with E-state index >= 15 is 0 Å². The number of hydrogen-bond acceptors (Lipinski definition) is 4. The lowest BCUT2D eigenvalue weighted by molar-refractivity contribution is 0.239. The van der Waals surface area contributed by atoms with Crippen LogP contribution in [0.15, 0.2) is 24.3 Å². The van der Waals surface area contributed by atoms with Crippen molar-refractivity contribution in [3.63, 3.8) is 0 Å². The molecule has 1 aromatic heterocycles. The van der Waals surface area contributed by atoms with Gasteiger partial charge in [-0.25, -0.2) is 4.79 Å². The summed E-state index contributed by atoms with van der Waals surface area (Å²) in [5.41, 5.74) is 6.87. The van der Waals surface area contributed by atoms with Crippen LogP contribution in [0.25, 0.3) is 11.0 Å². The van der Waals surface area contributed by atoms with Crippen LogP contribution < -0.4 is 11.1 Å². The van der Waals surface area contributed by atoms with Gasteiger partial charge in [0, 0.05) is 6.54 Å². The molecule has 6 nitrogen and oxygen atoms in total. The molecule has 0 atom stereocenters. The lowest BCUT2D eigenvalue weighted by atomic mass is 10.2. The SMILES string of the molecule is NCCCCCCNC(=O)n1nnc2ccccc21. The van der Waals surface area contributed by atoms with E-state index in [4.69, 9.17) is 5.73 Å². The van der Waals surface area contributed by atoms with E-state index in [-0.39, 0.29) is 6.03 Å². The molecule has 2 rings (SSSR count). The maximum atomic E-state index is 11.9. The van der Waals surface area contributed by atoms with Gasteiger partial charge < -0.3 is 11.1 Å². The van der Waals surface area contributed by atoms with E-state index in [2.05, 4.69) is 15.6 Å². The zero-order chi connectivity index (χ0) is 13.5. The molecular formula is C13H19N5O. The minimum absolute atomic E-state index is 0.229. The monoisotopic (exact) mass is 261 g/mol. The van der Waals surface area contributed by atoms with E-state index in [1.165, 1.54) is 4.68 Å². The van der Waals surface area contributed by atoms with Crippen LogP contribution in [0, 0.1) is 0 Å². The fraction of sp³-hybridized carbons (Fsp3) is 0.462. The van der Waals surface area contributed by atoms with Crippen molar-refractivity contribution in [2.75, 3.05) is 13.1 Å². The Bertz CT molecular complexity index is 537. The number of unbranched alkanes of at least 4 members (excludes halogenated alkanes) is 3. The van der Waals surface area contributed by atoms with E-state index in [9.17, 15) is 4.79 Å². The van der Waals surface area contributed by atoms with Gasteiger partial charge in [0.25, 0.3) is 0 Å². The summed E-state index contributed by atoms with van der Waals surface area (Å²) in [6, 6.07) is 7.17. The first-order valence-electron chi connectivity index (χ1n) is 6.61. The minimum Gasteiger partial charge on any atom is -0.336 e. The number of carbonyl (C=O) groups excluding carboxylic acids is 1. The third kappa shape index (κ3) is 3.51. The summed E-state index contributed by atoms with van der Waals surface area (Å²) in [4.78, 5) is 11.9. The number of benzene rings is 1. The summed E-state index contributed by atoms with van der Waals surface area (Å²) in [6.45, 7) is 1.38. The molecule has 0 aliphatic heterocycles. The molecule has 0 spiro atoms. The maximum absolute atomic E-state index is 11.9. The van der Waals surface area contributed by atoms with Crippen LogP contribution in [0.2, 0.25) is 0 Å². The van der Waals surface area contributed by atoms with Gasteiger partial charge in [-0.2, -0.15) is 4.68 Å². The van der Waals surface area contributed by atoms with Gasteiger partial charge in [-0.05, 0) is 31.5 Å². The fourth-order valence-electron chi connectivity index (χ4n) is 1.91. The number of rotatable bonds is 6. The molecule has 19 heavy (non-hydrogen) atoms. The van der Waals surface area contributed by atoms with Crippen LogP contribution in [0.5, 0.6) is 0 Å². The Hall–Kier alpha value is -1.95. The summed E-state index contributed by atoms with van der Waals surface area (Å²) in [5.74, 6) is 0. The van der Waals surface area contributed by atoms with Crippen LogP contribution >= 0.6 is 0 Å². The van der Waals surface area contributed by atoms with Crippen molar-refractivity contribution in [1.29, 1.82) is 0 Å². The van der Waals surface area contributed by atoms with Gasteiger partial charge in [-0.3, -0.25) is 0 Å². The summed E-state index contributed by atoms with van der Waals surface area (Å²) < 4.78 is 1.30. The molecule has 1 heterocycles. The number of para-hydroxylation sites is 1. The molecule has 102 valence electrons. The normalized spacial score (nSPS) is 10.8. The second-order valence-corrected chi connectivity index (χ2v) is 4.42. The molecule has 0 aliphatic rings. The molecule has 0 radical (unpaired) electrons. The molecule has 1 amide bonds. The van der Waals surface area contributed by atoms with Crippen LogP contribution in [0.3, 0.4) is 0 Å². The lowest BCUT2D eigenvalue weighted by Gasteiger charge is -2.04. The Balaban J connectivity index is 1.83. The predicted octanol–water partition coefficient (Wildman–Crippen LogP) is 1.51. The van der Waals surface area contributed by atoms with Gasteiger partial charge >= 0.3 is 6.03 Å². The van der Waals surface area contributed by atoms with Crippen molar-refractivity contribution in [3.8, 4) is 0 Å². The number of nitrogens with zero attached hydrogens (tertiary/aromatic N) is 3. The van der Waals surface area contributed by atoms with E-state index in [1.807, 2.05) is 24.3 Å². The number of fused-ring (bicyclic) bond motifs is 1. The Morgan fingerprint density at radius 3 is 2.84 bits per heavy atom. The van der Waals surface area contributed by atoms with Crippen molar-refractivity contribution in [1.82, 2.24) is 20.3 Å². The summed E-state index contributed by atoms with van der Waals surface area (Å²) in [5, 5.41) is 10.7. The van der Waals surface area contributed by atoms with Crippen molar-refractivity contribution in [2.45, 2.75) is 25.7 Å². The molecule has 6 heteroatoms. The van der Waals surface area contributed by atoms with Crippen LogP contribution in [0.1, 0.15) is 25.7 Å². The van der Waals surface area contributed by atoms with E-state index < -0.39 is 0 Å². The minimum atomic E-state index is -0.229. The quantitative estimate of drug-likeness (QED) is 0.772. The number of carbonyl (C=O) groups is 1. The van der Waals surface area contributed by atoms with Gasteiger partial charge in [0.2, 0.25) is 0 Å². The third-order valence-electron chi connectivity index (χ3n) is 2.95. The van der Waals surface area contributed by atoms with Crippen LogP contribution in [-0.2, 0) is 0 Å². The predicted molar refractivity (Wildman–Crippen MR) is 73.8 cm³/mol. The summed E-state index contributed by atoms with van der Waals surface area (Å²) >= 11 is 0. The van der Waals surface area contributed by atoms with Gasteiger partial charge in [0.1, 0.15) is 5.52 Å². The first-order valence-corrected chi connectivity index (χ1v) is 6.61. The van der Waals surface area contributed by atoms with Crippen LogP contribution in [-0.4, -0.2) is 34.1 Å². The number of hydrogen-bond donors (Lipinski definition) is 2. The second-order valence-electron chi connectivity index (χ2n) is 4.42. The molecule has 1 aromatic carbocycles. The average molecular weight is 261 g/mol. The zero-order valence-electron chi connectivity index (χ0n) is 10.9. The molecule has 0 fully saturated rings. The summed E-state index contributed by atoms with van der Waals surface area (Å²) in [7, 11) is 0. The van der Waals surface area contributed by atoms with Gasteiger partial charge in [-0.15, -0.1) is 5.10 Å². The van der Waals surface area contributed by atoms with Crippen molar-refractivity contribution in [3.05, 3.63) is 24.3 Å². The lowest BCUT2D eigenvalue weighted by Crippen LogP contribution is -2.30. The first-order chi connectivity index (χ1) is 9.33. The highest BCUT2D eigenvalue weighted by molar-refractivity contribution is 5.87. The molecule has 0 saturated carbocycles. The number of amides is 1. The Morgan fingerprint density at radius 2 is 2.00 bits per heavy atom. The topological polar surface area (TPSA) is 85.8 Å². The van der Waals surface area contributed by atoms with Gasteiger partial charge in [0.15, 0.2) is 0 Å². The molecule has 0 bridgehead atoms. The van der Waals surface area contributed by atoms with E-state index in [0.29, 0.717) is 6.54 Å². The maximum Gasteiger partial charge on any atom is 0.344 e. The Kier molecular flexibility index (Phi) is 4.85. The van der Waals surface area contributed by atoms with Gasteiger partial charge in [0.05, 0.1) is 5.52 Å². The number of nitrogens with two attached hydrogens (primary N) is 1. The molecule has 0 unspecified atom stereocenters. The Morgan fingerprint density at radius 1 is 1.21 bits per heavy atom. The second kappa shape index (κ2) is 6.84. The highest BCUT2D eigenvalue weighted by atomic mass is 16.2. The average Bonchev–Trinajstić information content (AvgIpc) is 2.86. The third-order valence-corrected chi connectivity index (χ3v) is 2.95. The van der Waals surface area contributed by atoms with Gasteiger partial charge in [-0.1, -0.05) is 30.2 Å². The number of aromatic nitrogens is 3. The molecule has 3 N–H and O–H groups in total. The molecule has 2 aromatic rings. The van der Waals surface area contributed by atoms with E-state index in [1.54, 1.807) is 0 Å². The van der Waals surface area contributed by atoms with Crippen molar-refractivity contribution >= 4 is 17.1 Å².